The average molecular weight is 338 g/mol. The molecule has 0 aliphatic carbocycles. The number of rotatable bonds is 3. The molecule has 0 amide bonds. The van der Waals surface area contributed by atoms with Crippen molar-refractivity contribution in [1.82, 2.24) is 4.90 Å². The third-order valence-electron chi connectivity index (χ3n) is 5.63. The predicted octanol–water partition coefficient (Wildman–Crippen LogP) is 4.36. The monoisotopic (exact) mass is 337 g/mol. The Morgan fingerprint density at radius 3 is 2.41 bits per heavy atom. The minimum Gasteiger partial charge on any atom is -0.376 e. The highest BCUT2D eigenvalue weighted by Gasteiger charge is 2.51. The Bertz CT molecular complexity index is 491. The van der Waals surface area contributed by atoms with Crippen molar-refractivity contribution in [3.05, 3.63) is 35.9 Å². The first-order valence-corrected chi connectivity index (χ1v) is 10.7. The Kier molecular flexibility index (Phi) is 5.13. The van der Waals surface area contributed by atoms with Crippen LogP contribution in [0.1, 0.15) is 44.2 Å². The van der Waals surface area contributed by atoms with Crippen LogP contribution in [-0.2, 0) is 0 Å². The summed E-state index contributed by atoms with van der Waals surface area (Å²) in [6.45, 7) is 2.36. The van der Waals surface area contributed by atoms with Gasteiger partial charge in [0.25, 0.3) is 0 Å². The summed E-state index contributed by atoms with van der Waals surface area (Å²) in [6, 6.07) is 11.6. The fourth-order valence-corrected chi connectivity index (χ4v) is 6.27. The summed E-state index contributed by atoms with van der Waals surface area (Å²) in [5, 5.41) is 11.2. The predicted molar refractivity (Wildman–Crippen MR) is 98.2 cm³/mol. The van der Waals surface area contributed by atoms with E-state index in [-0.39, 0.29) is 10.3 Å². The van der Waals surface area contributed by atoms with Crippen LogP contribution in [-0.4, -0.2) is 38.9 Å². The molecule has 0 aromatic heterocycles. The fourth-order valence-electron chi connectivity index (χ4n) is 4.29. The molecular weight excluding hydrogens is 310 g/mol. The Balaban J connectivity index is 1.96. The van der Waals surface area contributed by atoms with Crippen molar-refractivity contribution in [1.29, 1.82) is 0 Å². The van der Waals surface area contributed by atoms with E-state index in [1.165, 1.54) is 18.4 Å². The Labute approximate surface area is 143 Å². The van der Waals surface area contributed by atoms with Gasteiger partial charge < -0.3 is 5.11 Å². The molecule has 0 saturated carbocycles. The molecule has 2 saturated heterocycles. The van der Waals surface area contributed by atoms with Crippen LogP contribution in [0.3, 0.4) is 0 Å². The lowest BCUT2D eigenvalue weighted by atomic mass is 9.79. The molecule has 1 aromatic rings. The summed E-state index contributed by atoms with van der Waals surface area (Å²) in [4.78, 5) is 2.44. The maximum atomic E-state index is 11.2. The van der Waals surface area contributed by atoms with Crippen LogP contribution in [0.4, 0.5) is 0 Å². The van der Waals surface area contributed by atoms with Crippen LogP contribution in [0.15, 0.2) is 30.3 Å². The van der Waals surface area contributed by atoms with E-state index in [0.717, 1.165) is 12.8 Å². The standard InChI is InChI=1S/C18H27NOS2/c1-13-9-10-16(14-7-5-4-6-8-14)19-15(13)11-12-18(21-2,22-3)17(19)20/h4-8,13,15-17,20H,9-12H2,1-3H3/t13-,15-,16-,17+/m0/s1. The zero-order chi connectivity index (χ0) is 15.7. The highest BCUT2D eigenvalue weighted by atomic mass is 32.2. The van der Waals surface area contributed by atoms with Crippen LogP contribution in [0, 0.1) is 5.92 Å². The fraction of sp³-hybridized carbons (Fsp3) is 0.667. The summed E-state index contributed by atoms with van der Waals surface area (Å²) >= 11 is 3.65. The molecule has 0 bridgehead atoms. The largest absolute Gasteiger partial charge is 0.376 e. The summed E-state index contributed by atoms with van der Waals surface area (Å²) in [5.41, 5.74) is 1.36. The van der Waals surface area contributed by atoms with Gasteiger partial charge >= 0.3 is 0 Å². The van der Waals surface area contributed by atoms with E-state index in [1.807, 2.05) is 23.5 Å². The molecule has 2 nitrogen and oxygen atoms in total. The summed E-state index contributed by atoms with van der Waals surface area (Å²) in [5.74, 6) is 0.677. The van der Waals surface area contributed by atoms with Gasteiger partial charge in [-0.25, -0.2) is 0 Å². The minimum atomic E-state index is -0.371. The third kappa shape index (κ3) is 2.72. The average Bonchev–Trinajstić information content (AvgIpc) is 2.57. The zero-order valence-electron chi connectivity index (χ0n) is 13.7. The number of hydrogen-bond donors (Lipinski definition) is 1. The lowest BCUT2D eigenvalue weighted by Gasteiger charge is -2.56. The van der Waals surface area contributed by atoms with E-state index < -0.39 is 0 Å². The summed E-state index contributed by atoms with van der Waals surface area (Å²) in [6.07, 6.45) is 8.63. The maximum absolute atomic E-state index is 11.2. The molecule has 22 heavy (non-hydrogen) atoms. The molecule has 0 unspecified atom stereocenters. The normalized spacial score (nSPS) is 35.1. The first kappa shape index (κ1) is 16.7. The van der Waals surface area contributed by atoms with Crippen molar-refractivity contribution in [2.24, 2.45) is 5.92 Å². The van der Waals surface area contributed by atoms with Gasteiger partial charge in [-0.2, -0.15) is 0 Å². The number of benzene rings is 1. The molecule has 122 valence electrons. The molecule has 0 radical (unpaired) electrons. The van der Waals surface area contributed by atoms with Crippen molar-refractivity contribution >= 4 is 23.5 Å². The number of nitrogens with zero attached hydrogens (tertiary/aromatic N) is 1. The number of hydrogen-bond acceptors (Lipinski definition) is 4. The van der Waals surface area contributed by atoms with Gasteiger partial charge in [-0.1, -0.05) is 37.3 Å². The first-order chi connectivity index (χ1) is 10.6. The van der Waals surface area contributed by atoms with E-state index in [2.05, 4.69) is 54.7 Å². The Hall–Kier alpha value is -0.160. The van der Waals surface area contributed by atoms with Crippen LogP contribution in [0.2, 0.25) is 0 Å². The number of aliphatic hydroxyl groups excluding tert-OH is 1. The molecule has 0 spiro atoms. The molecule has 2 heterocycles. The van der Waals surface area contributed by atoms with Gasteiger partial charge in [-0.3, -0.25) is 4.90 Å². The van der Waals surface area contributed by atoms with Crippen molar-refractivity contribution in [2.45, 2.75) is 55.0 Å². The molecule has 2 aliphatic rings. The number of fused-ring (bicyclic) bond motifs is 1. The molecular formula is C18H27NOS2. The van der Waals surface area contributed by atoms with Gasteiger partial charge in [-0.05, 0) is 49.7 Å². The van der Waals surface area contributed by atoms with E-state index in [0.29, 0.717) is 18.0 Å². The highest BCUT2D eigenvalue weighted by molar-refractivity contribution is 8.17. The van der Waals surface area contributed by atoms with E-state index >= 15 is 0 Å². The Morgan fingerprint density at radius 2 is 1.77 bits per heavy atom. The third-order valence-corrected chi connectivity index (χ3v) is 8.85. The van der Waals surface area contributed by atoms with Gasteiger partial charge in [0.05, 0.1) is 4.08 Å². The second kappa shape index (κ2) is 6.76. The maximum Gasteiger partial charge on any atom is 0.132 e. The van der Waals surface area contributed by atoms with Crippen molar-refractivity contribution in [2.75, 3.05) is 12.5 Å². The minimum absolute atomic E-state index is 0.0827. The van der Waals surface area contributed by atoms with Gasteiger partial charge in [-0.15, -0.1) is 23.5 Å². The van der Waals surface area contributed by atoms with Crippen LogP contribution >= 0.6 is 23.5 Å². The van der Waals surface area contributed by atoms with Crippen molar-refractivity contribution < 1.29 is 5.11 Å². The van der Waals surface area contributed by atoms with Gasteiger partial charge in [0, 0.05) is 12.1 Å². The lowest BCUT2D eigenvalue weighted by molar-refractivity contribution is -0.119. The molecule has 4 atom stereocenters. The van der Waals surface area contributed by atoms with Gasteiger partial charge in [0.2, 0.25) is 0 Å². The summed E-state index contributed by atoms with van der Waals surface area (Å²) < 4.78 is -0.0827. The van der Waals surface area contributed by atoms with E-state index in [9.17, 15) is 5.11 Å². The van der Waals surface area contributed by atoms with Crippen molar-refractivity contribution in [3.8, 4) is 0 Å². The second-order valence-corrected chi connectivity index (χ2v) is 9.16. The SMILES string of the molecule is CSC1(SC)CC[C@H]2[C@@H](C)CC[C@@H](c3ccccc3)N2[C@@H]1O. The molecule has 2 fully saturated rings. The van der Waals surface area contributed by atoms with Gasteiger partial charge in [0.1, 0.15) is 6.23 Å². The van der Waals surface area contributed by atoms with Crippen LogP contribution < -0.4 is 0 Å². The lowest BCUT2D eigenvalue weighted by Crippen LogP contribution is -2.61. The van der Waals surface area contributed by atoms with Crippen LogP contribution in [0.5, 0.6) is 0 Å². The molecule has 4 heteroatoms. The number of thioether (sulfide) groups is 2. The quantitative estimate of drug-likeness (QED) is 0.828. The molecule has 2 aliphatic heterocycles. The summed E-state index contributed by atoms with van der Waals surface area (Å²) in [7, 11) is 0. The van der Waals surface area contributed by atoms with E-state index in [1.54, 1.807) is 0 Å². The number of aliphatic hydroxyl groups is 1. The van der Waals surface area contributed by atoms with E-state index in [4.69, 9.17) is 0 Å². The van der Waals surface area contributed by atoms with Crippen LogP contribution in [0.25, 0.3) is 0 Å². The first-order valence-electron chi connectivity index (χ1n) is 8.23. The second-order valence-electron chi connectivity index (χ2n) is 6.63. The molecule has 1 N–H and O–H groups in total. The zero-order valence-corrected chi connectivity index (χ0v) is 15.4. The van der Waals surface area contributed by atoms with Crippen molar-refractivity contribution in [3.63, 3.8) is 0 Å². The molecule has 3 rings (SSSR count). The smallest absolute Gasteiger partial charge is 0.132 e. The number of piperidine rings is 2. The van der Waals surface area contributed by atoms with Gasteiger partial charge in [0.15, 0.2) is 0 Å². The Morgan fingerprint density at radius 1 is 1.09 bits per heavy atom. The molecule has 1 aromatic carbocycles. The highest BCUT2D eigenvalue weighted by Crippen LogP contribution is 2.52. The topological polar surface area (TPSA) is 23.5 Å².